The van der Waals surface area contributed by atoms with E-state index in [-0.39, 0.29) is 17.9 Å². The van der Waals surface area contributed by atoms with Gasteiger partial charge in [-0.3, -0.25) is 9.59 Å². The molecule has 0 bridgehead atoms. The Kier molecular flexibility index (Phi) is 6.45. The Morgan fingerprint density at radius 3 is 2.60 bits per heavy atom. The highest BCUT2D eigenvalue weighted by Gasteiger charge is 2.28. The fourth-order valence-corrected chi connectivity index (χ4v) is 3.64. The largest absolute Gasteiger partial charge is 0.378 e. The van der Waals surface area contributed by atoms with Crippen molar-refractivity contribution in [2.24, 2.45) is 0 Å². The van der Waals surface area contributed by atoms with Crippen LogP contribution in [-0.2, 0) is 20.7 Å². The second-order valence-corrected chi connectivity index (χ2v) is 7.02. The maximum atomic E-state index is 12.8. The van der Waals surface area contributed by atoms with E-state index < -0.39 is 6.04 Å². The first-order chi connectivity index (χ1) is 12.2. The molecule has 1 aromatic rings. The van der Waals surface area contributed by atoms with E-state index >= 15 is 0 Å². The van der Waals surface area contributed by atoms with Crippen molar-refractivity contribution in [2.75, 3.05) is 19.7 Å². The van der Waals surface area contributed by atoms with Gasteiger partial charge in [0.15, 0.2) is 0 Å². The second kappa shape index (κ2) is 8.99. The molecule has 25 heavy (non-hydrogen) atoms. The molecular weight excluding hydrogens is 316 g/mol. The molecule has 2 heterocycles. The zero-order valence-electron chi connectivity index (χ0n) is 14.8. The normalized spacial score (nSPS) is 21.3. The molecule has 0 spiro atoms. The first-order valence-electron chi connectivity index (χ1n) is 9.46. The molecular formula is C20H28N2O3. The van der Waals surface area contributed by atoms with E-state index in [1.54, 1.807) is 0 Å². The molecule has 2 amide bonds. The number of carbonyl (C=O) groups excluding carboxylic acids is 2. The molecule has 2 aliphatic heterocycles. The molecule has 1 N–H and O–H groups in total. The lowest BCUT2D eigenvalue weighted by Gasteiger charge is -2.24. The summed E-state index contributed by atoms with van der Waals surface area (Å²) in [6.07, 6.45) is 6.12. The summed E-state index contributed by atoms with van der Waals surface area (Å²) in [5, 5.41) is 2.98. The number of rotatable bonds is 7. The Hall–Kier alpha value is -1.88. The SMILES string of the molecule is O=C(CC[C@H]1CCCO1)N[C@@H](Cc1ccccc1)C(=O)N1CCCC1. The van der Waals surface area contributed by atoms with Crippen molar-refractivity contribution < 1.29 is 14.3 Å². The summed E-state index contributed by atoms with van der Waals surface area (Å²) in [4.78, 5) is 27.1. The number of hydrogen-bond donors (Lipinski definition) is 1. The van der Waals surface area contributed by atoms with Crippen LogP contribution in [-0.4, -0.2) is 48.6 Å². The first-order valence-corrected chi connectivity index (χ1v) is 9.46. The Bertz CT molecular complexity index is 564. The summed E-state index contributed by atoms with van der Waals surface area (Å²) in [7, 11) is 0. The molecule has 0 unspecified atom stereocenters. The maximum absolute atomic E-state index is 12.8. The van der Waals surface area contributed by atoms with E-state index in [9.17, 15) is 9.59 Å². The zero-order valence-corrected chi connectivity index (χ0v) is 14.8. The number of nitrogens with zero attached hydrogens (tertiary/aromatic N) is 1. The molecule has 2 fully saturated rings. The molecule has 5 nitrogen and oxygen atoms in total. The van der Waals surface area contributed by atoms with E-state index in [0.29, 0.717) is 12.8 Å². The number of benzene rings is 1. The fraction of sp³-hybridized carbons (Fsp3) is 0.600. The van der Waals surface area contributed by atoms with E-state index in [1.807, 2.05) is 35.2 Å². The highest BCUT2D eigenvalue weighted by molar-refractivity contribution is 5.88. The maximum Gasteiger partial charge on any atom is 0.245 e. The lowest BCUT2D eigenvalue weighted by molar-refractivity contribution is -0.135. The van der Waals surface area contributed by atoms with Gasteiger partial charge in [0, 0.05) is 32.5 Å². The summed E-state index contributed by atoms with van der Waals surface area (Å²) >= 11 is 0. The van der Waals surface area contributed by atoms with Crippen LogP contribution in [0.15, 0.2) is 30.3 Å². The molecule has 2 aliphatic rings. The third-order valence-electron chi connectivity index (χ3n) is 5.05. The first kappa shape index (κ1) is 17.9. The fourth-order valence-electron chi connectivity index (χ4n) is 3.64. The minimum atomic E-state index is -0.475. The average Bonchev–Trinajstić information content (AvgIpc) is 3.33. The quantitative estimate of drug-likeness (QED) is 0.826. The van der Waals surface area contributed by atoms with Crippen LogP contribution in [0.2, 0.25) is 0 Å². The minimum Gasteiger partial charge on any atom is -0.378 e. The van der Waals surface area contributed by atoms with Gasteiger partial charge in [0.1, 0.15) is 6.04 Å². The van der Waals surface area contributed by atoms with Crippen LogP contribution in [0.25, 0.3) is 0 Å². The lowest BCUT2D eigenvalue weighted by Crippen LogP contribution is -2.49. The minimum absolute atomic E-state index is 0.0480. The van der Waals surface area contributed by atoms with Crippen LogP contribution in [0, 0.1) is 0 Å². The predicted molar refractivity (Wildman–Crippen MR) is 96.1 cm³/mol. The summed E-state index contributed by atoms with van der Waals surface area (Å²) in [6.45, 7) is 2.40. The smallest absolute Gasteiger partial charge is 0.245 e. The van der Waals surface area contributed by atoms with E-state index in [1.165, 1.54) is 0 Å². The van der Waals surface area contributed by atoms with Crippen molar-refractivity contribution in [3.05, 3.63) is 35.9 Å². The Labute approximate surface area is 149 Å². The van der Waals surface area contributed by atoms with Gasteiger partial charge in [-0.05, 0) is 37.7 Å². The van der Waals surface area contributed by atoms with Crippen molar-refractivity contribution in [1.82, 2.24) is 10.2 Å². The molecule has 136 valence electrons. The lowest BCUT2D eigenvalue weighted by atomic mass is 10.0. The topological polar surface area (TPSA) is 58.6 Å². The zero-order chi connectivity index (χ0) is 17.5. The Balaban J connectivity index is 1.58. The molecule has 2 atom stereocenters. The van der Waals surface area contributed by atoms with Crippen molar-refractivity contribution >= 4 is 11.8 Å². The number of hydrogen-bond acceptors (Lipinski definition) is 3. The number of amides is 2. The Morgan fingerprint density at radius 2 is 1.92 bits per heavy atom. The van der Waals surface area contributed by atoms with Gasteiger partial charge in [-0.25, -0.2) is 0 Å². The van der Waals surface area contributed by atoms with Gasteiger partial charge in [-0.1, -0.05) is 30.3 Å². The van der Waals surface area contributed by atoms with E-state index in [0.717, 1.165) is 57.4 Å². The van der Waals surface area contributed by atoms with E-state index in [2.05, 4.69) is 5.32 Å². The highest BCUT2D eigenvalue weighted by atomic mass is 16.5. The van der Waals surface area contributed by atoms with Gasteiger partial charge in [-0.15, -0.1) is 0 Å². The van der Waals surface area contributed by atoms with Gasteiger partial charge in [0.25, 0.3) is 0 Å². The monoisotopic (exact) mass is 344 g/mol. The van der Waals surface area contributed by atoms with Crippen LogP contribution < -0.4 is 5.32 Å². The molecule has 3 rings (SSSR count). The van der Waals surface area contributed by atoms with Crippen LogP contribution in [0.4, 0.5) is 0 Å². The summed E-state index contributed by atoms with van der Waals surface area (Å²) in [5.41, 5.74) is 1.07. The molecule has 0 saturated carbocycles. The standard InChI is InChI=1S/C20H28N2O3/c23-19(11-10-17-9-6-14-25-17)21-18(15-16-7-2-1-3-8-16)20(24)22-12-4-5-13-22/h1-3,7-8,17-18H,4-6,9-15H2,(H,21,23)/t17-,18+/m1/s1. The van der Waals surface area contributed by atoms with Crippen LogP contribution >= 0.6 is 0 Å². The van der Waals surface area contributed by atoms with Gasteiger partial charge < -0.3 is 15.0 Å². The van der Waals surface area contributed by atoms with Crippen LogP contribution in [0.1, 0.15) is 44.1 Å². The van der Waals surface area contributed by atoms with Gasteiger partial charge >= 0.3 is 0 Å². The molecule has 5 heteroatoms. The number of ether oxygens (including phenoxy) is 1. The number of likely N-dealkylation sites (tertiary alicyclic amines) is 1. The van der Waals surface area contributed by atoms with E-state index in [4.69, 9.17) is 4.74 Å². The molecule has 2 saturated heterocycles. The molecule has 1 aromatic carbocycles. The van der Waals surface area contributed by atoms with Crippen LogP contribution in [0.3, 0.4) is 0 Å². The predicted octanol–water partition coefficient (Wildman–Crippen LogP) is 2.30. The van der Waals surface area contributed by atoms with Crippen molar-refractivity contribution in [3.63, 3.8) is 0 Å². The summed E-state index contributed by atoms with van der Waals surface area (Å²) < 4.78 is 5.58. The molecule has 0 aromatic heterocycles. The molecule has 0 aliphatic carbocycles. The second-order valence-electron chi connectivity index (χ2n) is 7.02. The van der Waals surface area contributed by atoms with Crippen molar-refractivity contribution in [3.8, 4) is 0 Å². The molecule has 0 radical (unpaired) electrons. The Morgan fingerprint density at radius 1 is 1.16 bits per heavy atom. The third-order valence-corrected chi connectivity index (χ3v) is 5.05. The van der Waals surface area contributed by atoms with Crippen LogP contribution in [0.5, 0.6) is 0 Å². The van der Waals surface area contributed by atoms with Gasteiger partial charge in [0.2, 0.25) is 11.8 Å². The van der Waals surface area contributed by atoms with Crippen molar-refractivity contribution in [1.29, 1.82) is 0 Å². The number of carbonyl (C=O) groups is 2. The van der Waals surface area contributed by atoms with Gasteiger partial charge in [-0.2, -0.15) is 0 Å². The third kappa shape index (κ3) is 5.30. The summed E-state index contributed by atoms with van der Waals surface area (Å²) in [5.74, 6) is -0.00389. The summed E-state index contributed by atoms with van der Waals surface area (Å²) in [6, 6.07) is 9.42. The number of nitrogens with one attached hydrogen (secondary N) is 1. The highest BCUT2D eigenvalue weighted by Crippen LogP contribution is 2.17. The van der Waals surface area contributed by atoms with Gasteiger partial charge in [0.05, 0.1) is 6.10 Å². The van der Waals surface area contributed by atoms with Crippen molar-refractivity contribution in [2.45, 2.75) is 57.1 Å². The average molecular weight is 344 g/mol.